The number of nitrogens with two attached hydrogens (primary N) is 1. The molecule has 7 aliphatic rings. The van der Waals surface area contributed by atoms with Gasteiger partial charge in [-0.25, -0.2) is 9.32 Å². The molecule has 1 unspecified atom stereocenters. The molecule has 6 heterocycles. The summed E-state index contributed by atoms with van der Waals surface area (Å²) in [5.41, 5.74) is 0.0251. The zero-order valence-electron chi connectivity index (χ0n) is 40.0. The monoisotopic (exact) mass is 951 g/mol. The van der Waals surface area contributed by atoms with Gasteiger partial charge in [-0.1, -0.05) is 70.6 Å². The summed E-state index contributed by atoms with van der Waals surface area (Å²) >= 11 is 0. The summed E-state index contributed by atoms with van der Waals surface area (Å²) in [6, 6.07) is 0. The number of esters is 1. The summed E-state index contributed by atoms with van der Waals surface area (Å²) in [6.07, 6.45) is 6.58. The van der Waals surface area contributed by atoms with Crippen molar-refractivity contribution in [2.45, 2.75) is 191 Å². The van der Waals surface area contributed by atoms with Gasteiger partial charge in [0.1, 0.15) is 42.0 Å². The third-order valence-corrected chi connectivity index (χ3v) is 15.2. The smallest absolute Gasteiger partial charge is 0.333 e. The van der Waals surface area contributed by atoms with Crippen LogP contribution in [-0.4, -0.2) is 143 Å². The molecule has 7 rings (SSSR count). The van der Waals surface area contributed by atoms with Crippen LogP contribution in [0, 0.1) is 23.7 Å². The number of allylic oxidation sites excluding steroid dienone is 2. The molecule has 372 valence electrons. The van der Waals surface area contributed by atoms with Crippen molar-refractivity contribution in [3.05, 3.63) is 59.3 Å². The Labute approximate surface area is 390 Å². The van der Waals surface area contributed by atoms with Crippen molar-refractivity contribution in [1.82, 2.24) is 0 Å². The van der Waals surface area contributed by atoms with Crippen molar-refractivity contribution in [2.24, 2.45) is 28.8 Å². The standard InChI is InChI=1S/C48H73NO16S/c1-11-25(2)42-28(5)17-18-47(64-42)23-34-20-33(63-47)16-15-27(4)41(26(3)13-12-14-32-24-57-45-40(50)29(6)19-35(46(51)60-34)48(32,45)52)61-38-21-36(55-9)43(30(7)58-38)62-39-22-37(56-10)44(31(8)59-39)65-66(49,53)54/h12-15,17-19,25-26,28,30-31,33-45,50,52H,11,16,20-24H2,1-10H3,(H2,49,53,54)/t25?,26-,28-,30-,31-,33+,34-,35-,36-,37-,38-,39-,40+,41-,42+,43-,44+,45+,47+,48+/m0/s1. The highest BCUT2D eigenvalue weighted by Gasteiger charge is 2.60. The molecule has 4 N–H and O–H groups in total. The van der Waals surface area contributed by atoms with Gasteiger partial charge >= 0.3 is 16.3 Å². The fourth-order valence-electron chi connectivity index (χ4n) is 10.8. The molecule has 0 aromatic heterocycles. The number of rotatable bonds is 10. The second-order valence-corrected chi connectivity index (χ2v) is 20.7. The van der Waals surface area contributed by atoms with Crippen molar-refractivity contribution < 1.29 is 75.0 Å². The molecule has 20 atom stereocenters. The quantitative estimate of drug-likeness (QED) is 0.201. The highest BCUT2D eigenvalue weighted by Crippen LogP contribution is 2.47. The minimum atomic E-state index is -4.26. The van der Waals surface area contributed by atoms with Gasteiger partial charge < -0.3 is 57.6 Å². The first-order valence-electron chi connectivity index (χ1n) is 23.6. The fraction of sp³-hybridized carbons (Fsp3) is 0.771. The largest absolute Gasteiger partial charge is 0.462 e. The Kier molecular flexibility index (Phi) is 16.3. The maximum atomic E-state index is 14.4. The summed E-state index contributed by atoms with van der Waals surface area (Å²) in [6.45, 7) is 15.8. The van der Waals surface area contributed by atoms with Crippen LogP contribution < -0.4 is 5.14 Å². The number of aliphatic hydroxyl groups is 2. The van der Waals surface area contributed by atoms with Crippen LogP contribution in [0.1, 0.15) is 93.9 Å². The average molecular weight is 952 g/mol. The number of carbonyl (C=O) groups is 1. The van der Waals surface area contributed by atoms with E-state index >= 15 is 0 Å². The number of methoxy groups -OCH3 is 2. The molecule has 1 aliphatic carbocycles. The van der Waals surface area contributed by atoms with Gasteiger partial charge in [0.05, 0.1) is 49.3 Å². The lowest BCUT2D eigenvalue weighted by atomic mass is 9.71. The van der Waals surface area contributed by atoms with Gasteiger partial charge in [-0.05, 0) is 62.8 Å². The summed E-state index contributed by atoms with van der Waals surface area (Å²) in [7, 11) is -1.21. The van der Waals surface area contributed by atoms with E-state index in [9.17, 15) is 23.4 Å². The summed E-state index contributed by atoms with van der Waals surface area (Å²) in [4.78, 5) is 14.4. The molecular weight excluding hydrogens is 879 g/mol. The van der Waals surface area contributed by atoms with E-state index in [0.717, 1.165) is 12.0 Å². The Balaban J connectivity index is 1.16. The Hall–Kier alpha value is -2.40. The molecule has 0 amide bonds. The molecule has 1 spiro atoms. The van der Waals surface area contributed by atoms with Crippen LogP contribution in [0.5, 0.6) is 0 Å². The number of hydrogen-bond donors (Lipinski definition) is 3. The highest BCUT2D eigenvalue weighted by molar-refractivity contribution is 7.84. The van der Waals surface area contributed by atoms with E-state index < -0.39 is 113 Å². The molecule has 6 aliphatic heterocycles. The normalized spacial score (nSPS) is 45.1. The molecule has 66 heavy (non-hydrogen) atoms. The van der Waals surface area contributed by atoms with Gasteiger partial charge in [0.25, 0.3) is 0 Å². The third kappa shape index (κ3) is 11.0. The molecule has 2 bridgehead atoms. The van der Waals surface area contributed by atoms with E-state index in [1.807, 2.05) is 39.0 Å². The van der Waals surface area contributed by atoms with Crippen molar-refractivity contribution in [1.29, 1.82) is 0 Å². The molecular formula is C48H73NO16S. The number of hydrogen-bond acceptors (Lipinski definition) is 16. The van der Waals surface area contributed by atoms with E-state index in [1.165, 1.54) is 7.11 Å². The molecule has 4 fully saturated rings. The molecule has 17 nitrogen and oxygen atoms in total. The Bertz CT molecular complexity index is 1990. The molecule has 0 radical (unpaired) electrons. The first-order chi connectivity index (χ1) is 31.2. The van der Waals surface area contributed by atoms with Gasteiger partial charge in [-0.3, -0.25) is 4.79 Å². The predicted octanol–water partition coefficient (Wildman–Crippen LogP) is 4.61. The van der Waals surface area contributed by atoms with E-state index in [1.54, 1.807) is 33.1 Å². The Morgan fingerprint density at radius 2 is 1.58 bits per heavy atom. The maximum Gasteiger partial charge on any atom is 0.333 e. The number of carbonyl (C=O) groups excluding carboxylic acids is 1. The molecule has 0 aromatic carbocycles. The SMILES string of the molecule is CCC(C)[C@H]1O[C@]2(C=C[C@@H]1C)C[C@@H]1C[C@@H](CC=C(C)[C@@H](O[C@H]3C[C@H](OC)[C@@H](O[C@H]4C[C@H](OC)[C@H](OS(N)(=O)=O)[C@H](C)O4)[C@H](C)O3)[C@@H](C)C=CC=C3CO[C@@H]4[C@H](O)C(C)=C[C@@H](C(=O)O1)[C@]34O)O2. The Morgan fingerprint density at radius 3 is 2.24 bits per heavy atom. The summed E-state index contributed by atoms with van der Waals surface area (Å²) < 4.78 is 92.4. The number of fused-ring (bicyclic) bond motifs is 2. The van der Waals surface area contributed by atoms with Gasteiger partial charge in [0.2, 0.25) is 0 Å². The zero-order valence-corrected chi connectivity index (χ0v) is 40.8. The average Bonchev–Trinajstić information content (AvgIpc) is 3.60. The topological polar surface area (TPSA) is 219 Å². The van der Waals surface area contributed by atoms with E-state index in [2.05, 4.69) is 32.9 Å². The van der Waals surface area contributed by atoms with Crippen LogP contribution in [0.25, 0.3) is 0 Å². The van der Waals surface area contributed by atoms with E-state index in [0.29, 0.717) is 30.4 Å². The van der Waals surface area contributed by atoms with Crippen LogP contribution in [-0.2, 0) is 66.7 Å². The van der Waals surface area contributed by atoms with Crippen molar-refractivity contribution in [3.8, 4) is 0 Å². The van der Waals surface area contributed by atoms with Gasteiger partial charge in [0, 0.05) is 51.7 Å². The van der Waals surface area contributed by atoms with Crippen LogP contribution >= 0.6 is 0 Å². The number of aliphatic hydroxyl groups excluding tert-OH is 1. The second kappa shape index (κ2) is 20.9. The van der Waals surface area contributed by atoms with Crippen LogP contribution in [0.3, 0.4) is 0 Å². The van der Waals surface area contributed by atoms with Gasteiger partial charge in [-0.15, -0.1) is 0 Å². The summed E-state index contributed by atoms with van der Waals surface area (Å²) in [5, 5.41) is 28.9. The van der Waals surface area contributed by atoms with Crippen LogP contribution in [0.15, 0.2) is 59.3 Å². The van der Waals surface area contributed by atoms with Crippen molar-refractivity contribution in [3.63, 3.8) is 0 Å². The lowest BCUT2D eigenvalue weighted by Gasteiger charge is -2.48. The minimum absolute atomic E-state index is 0.00727. The molecule has 0 saturated carbocycles. The Morgan fingerprint density at radius 1 is 0.909 bits per heavy atom. The predicted molar refractivity (Wildman–Crippen MR) is 239 cm³/mol. The van der Waals surface area contributed by atoms with Gasteiger partial charge in [-0.2, -0.15) is 8.42 Å². The third-order valence-electron chi connectivity index (χ3n) is 14.7. The molecule has 4 saturated heterocycles. The maximum absolute atomic E-state index is 14.4. The first kappa shape index (κ1) is 51.5. The van der Waals surface area contributed by atoms with Crippen molar-refractivity contribution in [2.75, 3.05) is 20.8 Å². The van der Waals surface area contributed by atoms with Crippen molar-refractivity contribution >= 4 is 16.3 Å². The molecule has 0 aromatic rings. The lowest BCUT2D eigenvalue weighted by Crippen LogP contribution is -2.58. The van der Waals surface area contributed by atoms with Crippen LogP contribution in [0.2, 0.25) is 0 Å². The molecule has 18 heteroatoms. The van der Waals surface area contributed by atoms with Crippen LogP contribution in [0.4, 0.5) is 0 Å². The highest BCUT2D eigenvalue weighted by atomic mass is 32.2. The van der Waals surface area contributed by atoms with E-state index in [4.69, 9.17) is 56.7 Å². The summed E-state index contributed by atoms with van der Waals surface area (Å²) in [5.74, 6) is -2.72. The first-order valence-corrected chi connectivity index (χ1v) is 25.0. The van der Waals surface area contributed by atoms with E-state index in [-0.39, 0.29) is 43.3 Å². The minimum Gasteiger partial charge on any atom is -0.462 e. The fourth-order valence-corrected chi connectivity index (χ4v) is 11.4. The number of ether oxygens (including phenoxy) is 10. The van der Waals surface area contributed by atoms with Gasteiger partial charge in [0.15, 0.2) is 18.4 Å². The second-order valence-electron chi connectivity index (χ2n) is 19.5. The zero-order chi connectivity index (χ0) is 47.9. The lowest BCUT2D eigenvalue weighted by molar-refractivity contribution is -0.317.